The number of carbonyl (C=O) groups excluding carboxylic acids is 1. The first-order chi connectivity index (χ1) is 17.7. The highest BCUT2D eigenvalue weighted by molar-refractivity contribution is 5.67. The van der Waals surface area contributed by atoms with Crippen molar-refractivity contribution in [1.82, 2.24) is 5.32 Å². The molecule has 0 unspecified atom stereocenters. The van der Waals surface area contributed by atoms with Gasteiger partial charge in [0.15, 0.2) is 0 Å². The van der Waals surface area contributed by atoms with Crippen molar-refractivity contribution in [2.45, 2.75) is 136 Å². The molecule has 5 nitrogen and oxygen atoms in total. The van der Waals surface area contributed by atoms with Gasteiger partial charge in [-0.05, 0) is 129 Å². The molecule has 212 valence electrons. The van der Waals surface area contributed by atoms with E-state index in [-0.39, 0.29) is 35.2 Å². The van der Waals surface area contributed by atoms with Gasteiger partial charge in [0.1, 0.15) is 6.10 Å². The SMILES string of the molecule is CC[C@H]1[C@@H](O)[C@@H]2[C@H](CC[C@]3(C)[C@@H]([C@H](C)CCNC(=O)OC4CCCCC4)CC[C@@H]23)[C@@]2(C)CC[C@@H](O)C[C@@H]12. The third kappa shape index (κ3) is 4.98. The van der Waals surface area contributed by atoms with Crippen molar-refractivity contribution < 1.29 is 19.7 Å². The molecular formula is C32H55NO4. The minimum absolute atomic E-state index is 0.110. The monoisotopic (exact) mass is 517 g/mol. The topological polar surface area (TPSA) is 78.8 Å². The molecule has 5 saturated carbocycles. The molecule has 0 aliphatic heterocycles. The van der Waals surface area contributed by atoms with Crippen LogP contribution >= 0.6 is 0 Å². The van der Waals surface area contributed by atoms with Crippen LogP contribution in [0.4, 0.5) is 4.79 Å². The van der Waals surface area contributed by atoms with Crippen LogP contribution in [0.1, 0.15) is 118 Å². The maximum atomic E-state index is 12.3. The summed E-state index contributed by atoms with van der Waals surface area (Å²) in [4.78, 5) is 12.3. The summed E-state index contributed by atoms with van der Waals surface area (Å²) in [6, 6.07) is 0. The predicted molar refractivity (Wildman–Crippen MR) is 147 cm³/mol. The second-order valence-electron chi connectivity index (χ2n) is 14.5. The minimum Gasteiger partial charge on any atom is -0.446 e. The van der Waals surface area contributed by atoms with Crippen molar-refractivity contribution in [3.8, 4) is 0 Å². The lowest BCUT2D eigenvalue weighted by Gasteiger charge is -2.64. The van der Waals surface area contributed by atoms with E-state index < -0.39 is 0 Å². The van der Waals surface area contributed by atoms with Crippen LogP contribution in [0, 0.1) is 52.3 Å². The summed E-state index contributed by atoms with van der Waals surface area (Å²) >= 11 is 0. The van der Waals surface area contributed by atoms with Gasteiger partial charge in [-0.25, -0.2) is 4.79 Å². The van der Waals surface area contributed by atoms with Gasteiger partial charge in [-0.1, -0.05) is 40.5 Å². The molecule has 37 heavy (non-hydrogen) atoms. The van der Waals surface area contributed by atoms with Crippen LogP contribution in [0.3, 0.4) is 0 Å². The molecule has 0 radical (unpaired) electrons. The van der Waals surface area contributed by atoms with Crippen molar-refractivity contribution in [2.24, 2.45) is 52.3 Å². The summed E-state index contributed by atoms with van der Waals surface area (Å²) in [6.07, 6.45) is 15.0. The first kappa shape index (κ1) is 27.7. The van der Waals surface area contributed by atoms with Crippen LogP contribution in [0.25, 0.3) is 0 Å². The minimum atomic E-state index is -0.230. The van der Waals surface area contributed by atoms with E-state index in [0.717, 1.165) is 44.9 Å². The maximum absolute atomic E-state index is 12.3. The van der Waals surface area contributed by atoms with Gasteiger partial charge in [0.05, 0.1) is 12.2 Å². The highest BCUT2D eigenvalue weighted by Crippen LogP contribution is 2.69. The van der Waals surface area contributed by atoms with Gasteiger partial charge in [-0.15, -0.1) is 0 Å². The molecular weight excluding hydrogens is 462 g/mol. The van der Waals surface area contributed by atoms with Crippen LogP contribution in [0.15, 0.2) is 0 Å². The van der Waals surface area contributed by atoms with Gasteiger partial charge >= 0.3 is 6.09 Å². The second-order valence-corrected chi connectivity index (χ2v) is 14.5. The molecule has 0 aromatic heterocycles. The number of rotatable bonds is 6. The number of carbonyl (C=O) groups is 1. The van der Waals surface area contributed by atoms with Crippen LogP contribution in [0.5, 0.6) is 0 Å². The lowest BCUT2D eigenvalue weighted by Crippen LogP contribution is -2.62. The number of hydrogen-bond donors (Lipinski definition) is 3. The number of alkyl carbamates (subject to hydrolysis) is 1. The zero-order valence-corrected chi connectivity index (χ0v) is 24.1. The Morgan fingerprint density at radius 2 is 1.65 bits per heavy atom. The Morgan fingerprint density at radius 3 is 2.38 bits per heavy atom. The summed E-state index contributed by atoms with van der Waals surface area (Å²) < 4.78 is 5.66. The highest BCUT2D eigenvalue weighted by Gasteiger charge is 2.64. The smallest absolute Gasteiger partial charge is 0.407 e. The number of ether oxygens (including phenoxy) is 1. The van der Waals surface area contributed by atoms with Gasteiger partial charge in [-0.3, -0.25) is 0 Å². The van der Waals surface area contributed by atoms with Crippen LogP contribution < -0.4 is 5.32 Å². The lowest BCUT2D eigenvalue weighted by atomic mass is 9.41. The Balaban J connectivity index is 1.22. The van der Waals surface area contributed by atoms with Crippen molar-refractivity contribution >= 4 is 6.09 Å². The number of fused-ring (bicyclic) bond motifs is 5. The number of nitrogens with one attached hydrogen (secondary N) is 1. The summed E-state index contributed by atoms with van der Waals surface area (Å²) in [5.74, 6) is 3.57. The Kier molecular flexibility index (Phi) is 8.24. The zero-order valence-electron chi connectivity index (χ0n) is 24.1. The molecule has 5 fully saturated rings. The standard InChI is InChI=1S/C32H55NO4/c1-5-23-27-19-21(34)13-16-32(27,4)26-14-17-31(3)24(11-12-25(31)28(26)29(23)35)20(2)15-18-33-30(36)37-22-9-7-6-8-10-22/h20-29,34-35H,5-19H2,1-4H3,(H,33,36)/t20-,21-,23-,24-,25+,26+,27+,28+,29-,31-,32-/m1/s1. The quantitative estimate of drug-likeness (QED) is 0.366. The fraction of sp³-hybridized carbons (Fsp3) is 0.969. The van der Waals surface area contributed by atoms with E-state index in [0.29, 0.717) is 48.0 Å². The molecule has 5 aliphatic rings. The Morgan fingerprint density at radius 1 is 0.946 bits per heavy atom. The molecule has 5 rings (SSSR count). The summed E-state index contributed by atoms with van der Waals surface area (Å²) in [6.45, 7) is 10.4. The van der Waals surface area contributed by atoms with E-state index in [1.165, 1.54) is 44.9 Å². The second kappa shape index (κ2) is 11.0. The maximum Gasteiger partial charge on any atom is 0.407 e. The highest BCUT2D eigenvalue weighted by atomic mass is 16.6. The first-order valence-corrected chi connectivity index (χ1v) is 16.0. The molecule has 1 amide bonds. The Bertz CT molecular complexity index is 798. The van der Waals surface area contributed by atoms with Crippen LogP contribution in [-0.4, -0.2) is 41.2 Å². The van der Waals surface area contributed by atoms with E-state index in [4.69, 9.17) is 4.74 Å². The van der Waals surface area contributed by atoms with Gasteiger partial charge in [-0.2, -0.15) is 0 Å². The van der Waals surface area contributed by atoms with Crippen molar-refractivity contribution in [1.29, 1.82) is 0 Å². The van der Waals surface area contributed by atoms with Gasteiger partial charge in [0.2, 0.25) is 0 Å². The molecule has 0 heterocycles. The molecule has 0 bridgehead atoms. The number of aliphatic hydroxyl groups is 2. The van der Waals surface area contributed by atoms with E-state index >= 15 is 0 Å². The first-order valence-electron chi connectivity index (χ1n) is 16.0. The fourth-order valence-electron chi connectivity index (χ4n) is 10.9. The Labute approximate surface area is 225 Å². The molecule has 5 heteroatoms. The summed E-state index contributed by atoms with van der Waals surface area (Å²) in [5.41, 5.74) is 0.539. The Hall–Kier alpha value is -0.810. The van der Waals surface area contributed by atoms with Crippen molar-refractivity contribution in [2.75, 3.05) is 6.54 Å². The molecule has 0 aromatic rings. The third-order valence-corrected chi connectivity index (χ3v) is 12.8. The number of aliphatic hydroxyl groups excluding tert-OH is 2. The zero-order chi connectivity index (χ0) is 26.4. The number of amides is 1. The van der Waals surface area contributed by atoms with Crippen LogP contribution in [0.2, 0.25) is 0 Å². The van der Waals surface area contributed by atoms with Gasteiger partial charge in [0, 0.05) is 6.54 Å². The molecule has 0 spiro atoms. The van der Waals surface area contributed by atoms with E-state index in [9.17, 15) is 15.0 Å². The summed E-state index contributed by atoms with van der Waals surface area (Å²) in [7, 11) is 0. The van der Waals surface area contributed by atoms with Crippen LogP contribution in [-0.2, 0) is 4.74 Å². The van der Waals surface area contributed by atoms with E-state index in [1.807, 2.05) is 0 Å². The largest absolute Gasteiger partial charge is 0.446 e. The van der Waals surface area contributed by atoms with Crippen molar-refractivity contribution in [3.63, 3.8) is 0 Å². The van der Waals surface area contributed by atoms with Crippen molar-refractivity contribution in [3.05, 3.63) is 0 Å². The van der Waals surface area contributed by atoms with Gasteiger partial charge in [0.25, 0.3) is 0 Å². The average molecular weight is 518 g/mol. The lowest BCUT2D eigenvalue weighted by molar-refractivity contribution is -0.203. The molecule has 3 N–H and O–H groups in total. The normalized spacial score (nSPS) is 46.9. The summed E-state index contributed by atoms with van der Waals surface area (Å²) in [5, 5.41) is 25.5. The molecule has 5 aliphatic carbocycles. The molecule has 0 saturated heterocycles. The number of hydrogen-bond acceptors (Lipinski definition) is 4. The third-order valence-electron chi connectivity index (χ3n) is 12.8. The molecule has 11 atom stereocenters. The fourth-order valence-corrected chi connectivity index (χ4v) is 10.9. The van der Waals surface area contributed by atoms with Gasteiger partial charge < -0.3 is 20.3 Å². The van der Waals surface area contributed by atoms with E-state index in [1.54, 1.807) is 0 Å². The molecule has 0 aromatic carbocycles. The predicted octanol–water partition coefficient (Wildman–Crippen LogP) is 6.70. The van der Waals surface area contributed by atoms with E-state index in [2.05, 4.69) is 33.0 Å². The average Bonchev–Trinajstić information content (AvgIpc) is 3.23.